The molecule has 4 N–H and O–H groups in total. The van der Waals surface area contributed by atoms with Gasteiger partial charge in [-0.15, -0.1) is 0 Å². The summed E-state index contributed by atoms with van der Waals surface area (Å²) in [4.78, 5) is 20.8. The van der Waals surface area contributed by atoms with Gasteiger partial charge >= 0.3 is 0 Å². The maximum atomic E-state index is 10.4. The van der Waals surface area contributed by atoms with Gasteiger partial charge in [-0.3, -0.25) is 9.59 Å². The lowest BCUT2D eigenvalue weighted by molar-refractivity contribution is -0.129. The molecule has 0 unspecified atom stereocenters. The topological polar surface area (TPSA) is 86.2 Å². The molecule has 4 nitrogen and oxygen atoms in total. The summed E-state index contributed by atoms with van der Waals surface area (Å²) in [5.74, 6) is -2.40. The third kappa shape index (κ3) is 2.30. The van der Waals surface area contributed by atoms with Crippen LogP contribution in [0, 0.1) is 5.92 Å². The lowest BCUT2D eigenvalue weighted by Gasteiger charge is -2.00. The van der Waals surface area contributed by atoms with Crippen molar-refractivity contribution in [3.63, 3.8) is 0 Å². The number of rotatable bonds is 3. The Labute approximate surface area is 58.9 Å². The fourth-order valence-electron chi connectivity index (χ4n) is 0.522. The average Bonchev–Trinajstić information content (AvgIpc) is 1.81. The second kappa shape index (κ2) is 3.66. The summed E-state index contributed by atoms with van der Waals surface area (Å²) < 4.78 is 0. The molecule has 0 aromatic heterocycles. The van der Waals surface area contributed by atoms with Crippen molar-refractivity contribution < 1.29 is 9.59 Å². The molecule has 56 valence electrons. The number of hydrogen-bond donors (Lipinski definition) is 2. The molecule has 0 aromatic carbocycles. The van der Waals surface area contributed by atoms with E-state index in [-0.39, 0.29) is 0 Å². The minimum absolute atomic E-state index is 0.717. The highest BCUT2D eigenvalue weighted by Gasteiger charge is 2.16. The highest BCUT2D eigenvalue weighted by Crippen LogP contribution is 1.95. The largest absolute Gasteiger partial charge is 0.369 e. The van der Waals surface area contributed by atoms with Crippen LogP contribution in [0.5, 0.6) is 0 Å². The highest BCUT2D eigenvalue weighted by atomic mass is 16.2. The van der Waals surface area contributed by atoms with Crippen LogP contribution in [0.25, 0.3) is 0 Å². The van der Waals surface area contributed by atoms with E-state index >= 15 is 0 Å². The second-order valence-corrected chi connectivity index (χ2v) is 1.81. The molecule has 10 heavy (non-hydrogen) atoms. The van der Waals surface area contributed by atoms with Gasteiger partial charge < -0.3 is 11.5 Å². The summed E-state index contributed by atoms with van der Waals surface area (Å²) in [6.45, 7) is 1.68. The maximum Gasteiger partial charge on any atom is 0.233 e. The van der Waals surface area contributed by atoms with Gasteiger partial charge in [-0.2, -0.15) is 0 Å². The third-order valence-electron chi connectivity index (χ3n) is 0.998. The van der Waals surface area contributed by atoms with E-state index in [9.17, 15) is 9.59 Å². The van der Waals surface area contributed by atoms with Crippen molar-refractivity contribution in [3.05, 3.63) is 12.2 Å². The summed E-state index contributed by atoms with van der Waals surface area (Å²) in [6, 6.07) is 0. The van der Waals surface area contributed by atoms with Crippen LogP contribution in [-0.4, -0.2) is 11.8 Å². The van der Waals surface area contributed by atoms with Gasteiger partial charge in [0.1, 0.15) is 5.92 Å². The highest BCUT2D eigenvalue weighted by molar-refractivity contribution is 6.00. The van der Waals surface area contributed by atoms with Crippen molar-refractivity contribution >= 4 is 11.8 Å². The standard InChI is InChI=1S/C6H10N2O2/c1-2-3-4(5(7)9)6(8)10/h2-4H,1H3,(H2,7,9)(H2,8,10). The molecule has 0 aliphatic carbocycles. The van der Waals surface area contributed by atoms with E-state index in [0.717, 1.165) is 0 Å². The summed E-state index contributed by atoms with van der Waals surface area (Å²) in [7, 11) is 0. The predicted octanol–water partition coefficient (Wildman–Crippen LogP) is -0.851. The Bertz CT molecular complexity index is 161. The molecular weight excluding hydrogens is 132 g/mol. The zero-order chi connectivity index (χ0) is 8.15. The molecule has 0 heterocycles. The van der Waals surface area contributed by atoms with Crippen molar-refractivity contribution in [3.8, 4) is 0 Å². The number of nitrogens with two attached hydrogens (primary N) is 2. The van der Waals surface area contributed by atoms with Gasteiger partial charge in [-0.1, -0.05) is 12.2 Å². The predicted molar refractivity (Wildman–Crippen MR) is 36.7 cm³/mol. The molecule has 0 fully saturated rings. The number of allylic oxidation sites excluding steroid dienone is 1. The van der Waals surface area contributed by atoms with Gasteiger partial charge in [0.2, 0.25) is 11.8 Å². The first kappa shape index (κ1) is 8.68. The van der Waals surface area contributed by atoms with E-state index in [1.807, 2.05) is 0 Å². The second-order valence-electron chi connectivity index (χ2n) is 1.81. The zero-order valence-electron chi connectivity index (χ0n) is 5.70. The smallest absolute Gasteiger partial charge is 0.233 e. The third-order valence-corrected chi connectivity index (χ3v) is 0.998. The lowest BCUT2D eigenvalue weighted by atomic mass is 10.1. The molecule has 4 heteroatoms. The van der Waals surface area contributed by atoms with E-state index in [1.165, 1.54) is 6.08 Å². The van der Waals surface area contributed by atoms with Crippen molar-refractivity contribution in [2.75, 3.05) is 0 Å². The van der Waals surface area contributed by atoms with Gasteiger partial charge in [0.15, 0.2) is 0 Å². The molecule has 2 amide bonds. The molecule has 0 bridgehead atoms. The van der Waals surface area contributed by atoms with Crippen molar-refractivity contribution in [2.24, 2.45) is 17.4 Å². The van der Waals surface area contributed by atoms with Gasteiger partial charge in [0.05, 0.1) is 0 Å². The Kier molecular flexibility index (Phi) is 3.17. The first-order chi connectivity index (χ1) is 4.59. The molecule has 0 atom stereocenters. The van der Waals surface area contributed by atoms with Gasteiger partial charge in [-0.25, -0.2) is 0 Å². The van der Waals surface area contributed by atoms with Crippen LogP contribution in [0.2, 0.25) is 0 Å². The fourth-order valence-corrected chi connectivity index (χ4v) is 0.522. The molecule has 0 spiro atoms. The monoisotopic (exact) mass is 142 g/mol. The molecule has 0 saturated heterocycles. The number of carbonyl (C=O) groups excluding carboxylic acids is 2. The van der Waals surface area contributed by atoms with Gasteiger partial charge in [0, 0.05) is 0 Å². The minimum Gasteiger partial charge on any atom is -0.369 e. The Morgan fingerprint density at radius 3 is 1.80 bits per heavy atom. The number of hydrogen-bond acceptors (Lipinski definition) is 2. The summed E-state index contributed by atoms with van der Waals surface area (Å²) in [6.07, 6.45) is 2.92. The number of primary amides is 2. The summed E-state index contributed by atoms with van der Waals surface area (Å²) >= 11 is 0. The van der Waals surface area contributed by atoms with Crippen LogP contribution >= 0.6 is 0 Å². The van der Waals surface area contributed by atoms with Crippen molar-refractivity contribution in [2.45, 2.75) is 6.92 Å². The number of carbonyl (C=O) groups is 2. The molecule has 0 aliphatic heterocycles. The van der Waals surface area contributed by atoms with E-state index in [4.69, 9.17) is 11.5 Å². The lowest BCUT2D eigenvalue weighted by Crippen LogP contribution is -2.33. The van der Waals surface area contributed by atoms with Gasteiger partial charge in [-0.05, 0) is 6.92 Å². The Balaban J connectivity index is 4.27. The van der Waals surface area contributed by atoms with E-state index in [2.05, 4.69) is 0 Å². The Morgan fingerprint density at radius 1 is 1.30 bits per heavy atom. The molecule has 0 saturated carbocycles. The van der Waals surface area contributed by atoms with Crippen LogP contribution in [-0.2, 0) is 9.59 Å². The maximum absolute atomic E-state index is 10.4. The Morgan fingerprint density at radius 2 is 1.70 bits per heavy atom. The molecule has 0 radical (unpaired) electrons. The van der Waals surface area contributed by atoms with E-state index in [0.29, 0.717) is 0 Å². The average molecular weight is 142 g/mol. The van der Waals surface area contributed by atoms with Crippen molar-refractivity contribution in [1.29, 1.82) is 0 Å². The van der Waals surface area contributed by atoms with Crippen LogP contribution in [0.1, 0.15) is 6.92 Å². The van der Waals surface area contributed by atoms with Crippen LogP contribution in [0.15, 0.2) is 12.2 Å². The van der Waals surface area contributed by atoms with Gasteiger partial charge in [0.25, 0.3) is 0 Å². The Hall–Kier alpha value is -1.32. The number of amides is 2. The van der Waals surface area contributed by atoms with E-state index in [1.54, 1.807) is 13.0 Å². The molecule has 0 aliphatic rings. The van der Waals surface area contributed by atoms with E-state index < -0.39 is 17.7 Å². The normalized spacial score (nSPS) is 10.6. The van der Waals surface area contributed by atoms with Crippen LogP contribution in [0.3, 0.4) is 0 Å². The fraction of sp³-hybridized carbons (Fsp3) is 0.333. The molecular formula is C6H10N2O2. The van der Waals surface area contributed by atoms with Crippen LogP contribution < -0.4 is 11.5 Å². The first-order valence-electron chi connectivity index (χ1n) is 2.81. The minimum atomic E-state index is -0.968. The molecule has 0 aromatic rings. The summed E-state index contributed by atoms with van der Waals surface area (Å²) in [5, 5.41) is 0. The first-order valence-corrected chi connectivity index (χ1v) is 2.81. The molecule has 0 rings (SSSR count). The van der Waals surface area contributed by atoms with Crippen molar-refractivity contribution in [1.82, 2.24) is 0 Å². The van der Waals surface area contributed by atoms with Crippen LogP contribution in [0.4, 0.5) is 0 Å². The zero-order valence-corrected chi connectivity index (χ0v) is 5.70. The summed E-state index contributed by atoms with van der Waals surface area (Å²) in [5.41, 5.74) is 9.67. The SMILES string of the molecule is CC=CC(C(N)=O)C(N)=O. The quantitative estimate of drug-likeness (QED) is 0.397.